The van der Waals surface area contributed by atoms with E-state index in [2.05, 4.69) is 17.9 Å². The van der Waals surface area contributed by atoms with Crippen molar-refractivity contribution in [2.24, 2.45) is 5.92 Å². The van der Waals surface area contributed by atoms with Gasteiger partial charge in [0, 0.05) is 11.2 Å². The van der Waals surface area contributed by atoms with Crippen LogP contribution in [0.3, 0.4) is 0 Å². The molecule has 0 rings (SSSR count). The molecule has 0 aromatic heterocycles. The number of carbonyl (C=O) groups is 2. The summed E-state index contributed by atoms with van der Waals surface area (Å²) in [6.07, 6.45) is 0.201. The Morgan fingerprint density at radius 1 is 1.40 bits per heavy atom. The van der Waals surface area contributed by atoms with E-state index in [1.807, 2.05) is 0 Å². The molecule has 0 aliphatic carbocycles. The zero-order chi connectivity index (χ0) is 12.2. The van der Waals surface area contributed by atoms with Crippen molar-refractivity contribution >= 4 is 24.5 Å². The Hall–Kier alpha value is -0.710. The number of hydrogen-bond donors (Lipinski definition) is 3. The van der Waals surface area contributed by atoms with E-state index in [1.54, 1.807) is 27.7 Å². The summed E-state index contributed by atoms with van der Waals surface area (Å²) in [7, 11) is 0. The molecule has 0 heterocycles. The third kappa shape index (κ3) is 6.38. The highest BCUT2D eigenvalue weighted by atomic mass is 32.1. The molecule has 0 fully saturated rings. The van der Waals surface area contributed by atoms with E-state index >= 15 is 0 Å². The number of carboxylic acid groups (broad SMARTS) is 1. The lowest BCUT2D eigenvalue weighted by Gasteiger charge is -2.21. The van der Waals surface area contributed by atoms with Crippen molar-refractivity contribution in [3.05, 3.63) is 0 Å². The van der Waals surface area contributed by atoms with Gasteiger partial charge in [0.15, 0.2) is 0 Å². The van der Waals surface area contributed by atoms with Crippen LogP contribution >= 0.6 is 12.6 Å². The average Bonchev–Trinajstić information content (AvgIpc) is 1.95. The third-order valence-corrected chi connectivity index (χ3v) is 2.00. The van der Waals surface area contributed by atoms with Crippen molar-refractivity contribution in [3.63, 3.8) is 0 Å². The summed E-state index contributed by atoms with van der Waals surface area (Å²) in [5, 5.41) is 11.3. The summed E-state index contributed by atoms with van der Waals surface area (Å²) in [6.45, 7) is 7.12. The second-order valence-electron chi connectivity index (χ2n) is 4.62. The molecule has 4 nitrogen and oxygen atoms in total. The lowest BCUT2D eigenvalue weighted by molar-refractivity contribution is -0.143. The first kappa shape index (κ1) is 14.3. The van der Waals surface area contributed by atoms with E-state index in [0.717, 1.165) is 0 Å². The summed E-state index contributed by atoms with van der Waals surface area (Å²) >= 11 is 4.21. The van der Waals surface area contributed by atoms with Crippen LogP contribution in [0.25, 0.3) is 0 Å². The van der Waals surface area contributed by atoms with Gasteiger partial charge >= 0.3 is 5.97 Å². The highest BCUT2D eigenvalue weighted by molar-refractivity contribution is 7.81. The molecule has 0 saturated carbocycles. The molecule has 0 spiro atoms. The van der Waals surface area contributed by atoms with Crippen molar-refractivity contribution < 1.29 is 14.7 Å². The van der Waals surface area contributed by atoms with E-state index < -0.39 is 16.8 Å². The maximum Gasteiger partial charge on any atom is 0.326 e. The SMILES string of the molecule is CC(C)C(NC(=O)CC(C)(C)S)C(=O)O. The van der Waals surface area contributed by atoms with Crippen molar-refractivity contribution in [1.29, 1.82) is 0 Å². The quantitative estimate of drug-likeness (QED) is 0.627. The van der Waals surface area contributed by atoms with E-state index in [9.17, 15) is 9.59 Å². The number of rotatable bonds is 5. The summed E-state index contributed by atoms with van der Waals surface area (Å²) in [6, 6.07) is -0.826. The molecule has 5 heteroatoms. The molecule has 0 radical (unpaired) electrons. The number of thiol groups is 1. The van der Waals surface area contributed by atoms with Gasteiger partial charge in [-0.05, 0) is 5.92 Å². The number of carbonyl (C=O) groups excluding carboxylic acids is 1. The van der Waals surface area contributed by atoms with Gasteiger partial charge in [-0.1, -0.05) is 27.7 Å². The van der Waals surface area contributed by atoms with Gasteiger partial charge in [-0.25, -0.2) is 4.79 Å². The van der Waals surface area contributed by atoms with Gasteiger partial charge in [-0.2, -0.15) is 12.6 Å². The van der Waals surface area contributed by atoms with Crippen LogP contribution in [0.15, 0.2) is 0 Å². The molecule has 0 aromatic carbocycles. The lowest BCUT2D eigenvalue weighted by Crippen LogP contribution is -2.45. The van der Waals surface area contributed by atoms with E-state index in [4.69, 9.17) is 5.11 Å². The van der Waals surface area contributed by atoms with Gasteiger partial charge in [0.05, 0.1) is 0 Å². The molecule has 0 aromatic rings. The Morgan fingerprint density at radius 2 is 1.87 bits per heavy atom. The number of nitrogens with one attached hydrogen (secondary N) is 1. The van der Waals surface area contributed by atoms with Gasteiger partial charge in [0.2, 0.25) is 5.91 Å². The third-order valence-electron chi connectivity index (χ3n) is 1.84. The Morgan fingerprint density at radius 3 is 2.13 bits per heavy atom. The molecule has 1 atom stereocenters. The fourth-order valence-corrected chi connectivity index (χ4v) is 1.27. The van der Waals surface area contributed by atoms with Crippen molar-refractivity contribution in [2.45, 2.75) is 44.9 Å². The predicted octanol–water partition coefficient (Wildman–Crippen LogP) is 1.31. The maximum atomic E-state index is 11.5. The zero-order valence-electron chi connectivity index (χ0n) is 9.57. The van der Waals surface area contributed by atoms with Gasteiger partial charge < -0.3 is 10.4 Å². The molecular formula is C10H19NO3S. The average molecular weight is 233 g/mol. The summed E-state index contributed by atoms with van der Waals surface area (Å²) in [5.41, 5.74) is 0. The first-order valence-corrected chi connectivity index (χ1v) is 5.33. The van der Waals surface area contributed by atoms with Crippen LogP contribution in [0, 0.1) is 5.92 Å². The highest BCUT2D eigenvalue weighted by Gasteiger charge is 2.25. The van der Waals surface area contributed by atoms with Crippen molar-refractivity contribution in [3.8, 4) is 0 Å². The largest absolute Gasteiger partial charge is 0.480 e. The molecule has 0 saturated heterocycles. The number of amides is 1. The van der Waals surface area contributed by atoms with E-state index in [-0.39, 0.29) is 18.2 Å². The fraction of sp³-hybridized carbons (Fsp3) is 0.800. The van der Waals surface area contributed by atoms with Gasteiger partial charge in [0.25, 0.3) is 0 Å². The summed E-state index contributed by atoms with van der Waals surface area (Å²) in [4.78, 5) is 22.3. The second-order valence-corrected chi connectivity index (χ2v) is 5.83. The van der Waals surface area contributed by atoms with Crippen LogP contribution in [0.1, 0.15) is 34.1 Å². The minimum Gasteiger partial charge on any atom is -0.480 e. The Labute approximate surface area is 95.8 Å². The zero-order valence-corrected chi connectivity index (χ0v) is 10.5. The van der Waals surface area contributed by atoms with Crippen molar-refractivity contribution in [2.75, 3.05) is 0 Å². The van der Waals surface area contributed by atoms with Crippen LogP contribution < -0.4 is 5.32 Å². The smallest absolute Gasteiger partial charge is 0.326 e. The monoisotopic (exact) mass is 233 g/mol. The molecule has 2 N–H and O–H groups in total. The minimum atomic E-state index is -1.00. The van der Waals surface area contributed by atoms with Crippen LogP contribution in [0.2, 0.25) is 0 Å². The Kier molecular flexibility index (Phi) is 5.14. The lowest BCUT2D eigenvalue weighted by atomic mass is 10.0. The number of carboxylic acids is 1. The maximum absolute atomic E-state index is 11.5. The molecular weight excluding hydrogens is 214 g/mol. The normalized spacial score (nSPS) is 13.7. The standard InChI is InChI=1S/C10H19NO3S/c1-6(2)8(9(13)14)11-7(12)5-10(3,4)15/h6,8,15H,5H2,1-4H3,(H,11,12)(H,13,14). The summed E-state index contributed by atoms with van der Waals surface area (Å²) < 4.78 is -0.426. The molecule has 15 heavy (non-hydrogen) atoms. The number of hydrogen-bond acceptors (Lipinski definition) is 3. The van der Waals surface area contributed by atoms with E-state index in [0.29, 0.717) is 0 Å². The predicted molar refractivity (Wildman–Crippen MR) is 62.1 cm³/mol. The molecule has 88 valence electrons. The number of aliphatic carboxylic acids is 1. The van der Waals surface area contributed by atoms with Gasteiger partial charge in [-0.3, -0.25) is 4.79 Å². The first-order chi connectivity index (χ1) is 6.63. The molecule has 0 aliphatic heterocycles. The van der Waals surface area contributed by atoms with Crippen LogP contribution in [-0.2, 0) is 9.59 Å². The van der Waals surface area contributed by atoms with Crippen molar-refractivity contribution in [1.82, 2.24) is 5.32 Å². The van der Waals surface area contributed by atoms with Gasteiger partial charge in [0.1, 0.15) is 6.04 Å². The topological polar surface area (TPSA) is 66.4 Å². The van der Waals surface area contributed by atoms with E-state index in [1.165, 1.54) is 0 Å². The van der Waals surface area contributed by atoms with Gasteiger partial charge in [-0.15, -0.1) is 0 Å². The molecule has 0 bridgehead atoms. The van der Waals surface area contributed by atoms with Crippen LogP contribution in [-0.4, -0.2) is 27.8 Å². The van der Waals surface area contributed by atoms with Crippen LogP contribution in [0.4, 0.5) is 0 Å². The minimum absolute atomic E-state index is 0.130. The fourth-order valence-electron chi connectivity index (χ4n) is 1.13. The first-order valence-electron chi connectivity index (χ1n) is 4.88. The Bertz CT molecular complexity index is 246. The molecule has 0 aliphatic rings. The Balaban J connectivity index is 4.31. The summed E-state index contributed by atoms with van der Waals surface area (Å²) in [5.74, 6) is -1.42. The van der Waals surface area contributed by atoms with Crippen LogP contribution in [0.5, 0.6) is 0 Å². The highest BCUT2D eigenvalue weighted by Crippen LogP contribution is 2.16. The molecule has 1 unspecified atom stereocenters. The molecule has 1 amide bonds. The second kappa shape index (κ2) is 5.39.